The third-order valence-corrected chi connectivity index (χ3v) is 3.88. The Bertz CT molecular complexity index is 802. The number of aromatic amines is 1. The fraction of sp³-hybridized carbons (Fsp3) is 0.125. The molecular formula is C16H15Cl2N5. The van der Waals surface area contributed by atoms with Crippen LogP contribution < -0.4 is 11.1 Å². The summed E-state index contributed by atoms with van der Waals surface area (Å²) in [7, 11) is 0. The van der Waals surface area contributed by atoms with E-state index in [4.69, 9.17) is 28.9 Å². The Morgan fingerprint density at radius 1 is 1.13 bits per heavy atom. The maximum absolute atomic E-state index is 6.28. The average Bonchev–Trinajstić information content (AvgIpc) is 3.07. The summed E-state index contributed by atoms with van der Waals surface area (Å²) in [5.41, 5.74) is 8.97. The monoisotopic (exact) mass is 347 g/mol. The SMILES string of the molecule is NCCNc1nc(-c2ccc(Cl)cc2Cl)ccc1-c1cnc[nH]1. The van der Waals surface area contributed by atoms with Gasteiger partial charge in [0.1, 0.15) is 5.82 Å². The number of aromatic nitrogens is 3. The van der Waals surface area contributed by atoms with Gasteiger partial charge in [0, 0.05) is 29.2 Å². The number of nitrogens with zero attached hydrogens (tertiary/aromatic N) is 2. The molecule has 0 spiro atoms. The Labute approximate surface area is 143 Å². The lowest BCUT2D eigenvalue weighted by Gasteiger charge is -2.12. The summed E-state index contributed by atoms with van der Waals surface area (Å²) >= 11 is 12.2. The summed E-state index contributed by atoms with van der Waals surface area (Å²) in [6.07, 6.45) is 3.38. The third-order valence-electron chi connectivity index (χ3n) is 3.33. The summed E-state index contributed by atoms with van der Waals surface area (Å²) in [5, 5.41) is 4.39. The van der Waals surface area contributed by atoms with Crippen molar-refractivity contribution in [3.63, 3.8) is 0 Å². The number of rotatable bonds is 5. The standard InChI is InChI=1S/C16H15Cl2N5/c17-10-1-2-11(13(18)7-10)14-4-3-12(15-8-20-9-22-15)16(23-14)21-6-5-19/h1-4,7-9H,5-6,19H2,(H,20,22)(H,21,23). The van der Waals surface area contributed by atoms with Gasteiger partial charge in [-0.15, -0.1) is 0 Å². The highest BCUT2D eigenvalue weighted by atomic mass is 35.5. The van der Waals surface area contributed by atoms with Crippen molar-refractivity contribution in [1.82, 2.24) is 15.0 Å². The largest absolute Gasteiger partial charge is 0.368 e. The number of nitrogens with one attached hydrogen (secondary N) is 2. The van der Waals surface area contributed by atoms with Crippen LogP contribution in [-0.4, -0.2) is 28.0 Å². The second-order valence-electron chi connectivity index (χ2n) is 4.90. The lowest BCUT2D eigenvalue weighted by molar-refractivity contribution is 1.01. The van der Waals surface area contributed by atoms with E-state index in [1.54, 1.807) is 24.7 Å². The lowest BCUT2D eigenvalue weighted by atomic mass is 10.1. The first kappa shape index (κ1) is 15.8. The van der Waals surface area contributed by atoms with Crippen molar-refractivity contribution in [2.45, 2.75) is 0 Å². The zero-order valence-electron chi connectivity index (χ0n) is 12.2. The van der Waals surface area contributed by atoms with E-state index >= 15 is 0 Å². The van der Waals surface area contributed by atoms with Crippen LogP contribution in [0.15, 0.2) is 42.9 Å². The van der Waals surface area contributed by atoms with Gasteiger partial charge in [-0.3, -0.25) is 0 Å². The number of H-pyrrole nitrogens is 1. The molecule has 0 aliphatic heterocycles. The van der Waals surface area contributed by atoms with Crippen molar-refractivity contribution < 1.29 is 0 Å². The van der Waals surface area contributed by atoms with Crippen molar-refractivity contribution in [1.29, 1.82) is 0 Å². The van der Waals surface area contributed by atoms with Crippen molar-refractivity contribution in [2.24, 2.45) is 5.73 Å². The molecule has 0 saturated heterocycles. The van der Waals surface area contributed by atoms with E-state index in [0.717, 1.165) is 28.3 Å². The Morgan fingerprint density at radius 2 is 1.96 bits per heavy atom. The second-order valence-corrected chi connectivity index (χ2v) is 5.74. The quantitative estimate of drug-likeness (QED) is 0.655. The minimum absolute atomic E-state index is 0.510. The van der Waals surface area contributed by atoms with Crippen LogP contribution >= 0.6 is 23.2 Å². The first-order chi connectivity index (χ1) is 11.2. The Kier molecular flexibility index (Phi) is 4.81. The van der Waals surface area contributed by atoms with Gasteiger partial charge in [0.2, 0.25) is 0 Å². The van der Waals surface area contributed by atoms with Gasteiger partial charge in [0.15, 0.2) is 0 Å². The van der Waals surface area contributed by atoms with E-state index in [1.165, 1.54) is 0 Å². The normalized spacial score (nSPS) is 10.7. The number of hydrogen-bond acceptors (Lipinski definition) is 4. The van der Waals surface area contributed by atoms with Gasteiger partial charge in [0.05, 0.1) is 28.9 Å². The highest BCUT2D eigenvalue weighted by Gasteiger charge is 2.12. The Morgan fingerprint density at radius 3 is 2.65 bits per heavy atom. The molecule has 0 bridgehead atoms. The summed E-state index contributed by atoms with van der Waals surface area (Å²) in [5.74, 6) is 0.725. The molecule has 3 aromatic rings. The predicted octanol–water partition coefficient (Wildman–Crippen LogP) is 3.82. The molecule has 0 amide bonds. The molecular weight excluding hydrogens is 333 g/mol. The molecule has 5 nitrogen and oxygen atoms in total. The number of benzene rings is 1. The van der Waals surface area contributed by atoms with Crippen molar-refractivity contribution in [3.05, 3.63) is 52.9 Å². The summed E-state index contributed by atoms with van der Waals surface area (Å²) in [6.45, 7) is 1.13. The fourth-order valence-corrected chi connectivity index (χ4v) is 2.76. The predicted molar refractivity (Wildman–Crippen MR) is 94.8 cm³/mol. The summed E-state index contributed by atoms with van der Waals surface area (Å²) in [6, 6.07) is 9.24. The molecule has 0 unspecified atom stereocenters. The van der Waals surface area contributed by atoms with Crippen LogP contribution in [-0.2, 0) is 0 Å². The van der Waals surface area contributed by atoms with Crippen molar-refractivity contribution >= 4 is 29.0 Å². The zero-order valence-corrected chi connectivity index (χ0v) is 13.7. The number of pyridine rings is 1. The molecule has 0 aliphatic carbocycles. The molecule has 118 valence electrons. The van der Waals surface area contributed by atoms with Gasteiger partial charge in [-0.25, -0.2) is 9.97 Å². The first-order valence-electron chi connectivity index (χ1n) is 7.08. The van der Waals surface area contributed by atoms with Crippen molar-refractivity contribution in [3.8, 4) is 22.5 Å². The van der Waals surface area contributed by atoms with Crippen LogP contribution in [0.1, 0.15) is 0 Å². The lowest BCUT2D eigenvalue weighted by Crippen LogP contribution is -2.14. The van der Waals surface area contributed by atoms with E-state index in [9.17, 15) is 0 Å². The van der Waals surface area contributed by atoms with E-state index in [-0.39, 0.29) is 0 Å². The maximum Gasteiger partial charge on any atom is 0.136 e. The van der Waals surface area contributed by atoms with Crippen LogP contribution in [0.25, 0.3) is 22.5 Å². The number of hydrogen-bond donors (Lipinski definition) is 3. The topological polar surface area (TPSA) is 79.6 Å². The van der Waals surface area contributed by atoms with E-state index in [1.807, 2.05) is 18.2 Å². The minimum Gasteiger partial charge on any atom is -0.368 e. The molecule has 3 rings (SSSR count). The van der Waals surface area contributed by atoms with Crippen LogP contribution in [0.3, 0.4) is 0 Å². The van der Waals surface area contributed by atoms with Crippen LogP contribution in [0.5, 0.6) is 0 Å². The highest BCUT2D eigenvalue weighted by molar-refractivity contribution is 6.36. The zero-order chi connectivity index (χ0) is 16.2. The van der Waals surface area contributed by atoms with Crippen LogP contribution in [0, 0.1) is 0 Å². The first-order valence-corrected chi connectivity index (χ1v) is 7.84. The molecule has 0 radical (unpaired) electrons. The number of imidazole rings is 1. The van der Waals surface area contributed by atoms with E-state index in [2.05, 4.69) is 20.3 Å². The molecule has 0 atom stereocenters. The maximum atomic E-state index is 6.28. The minimum atomic E-state index is 0.510. The fourth-order valence-electron chi connectivity index (χ4n) is 2.25. The number of nitrogens with two attached hydrogens (primary N) is 1. The number of anilines is 1. The van der Waals surface area contributed by atoms with Gasteiger partial charge >= 0.3 is 0 Å². The van der Waals surface area contributed by atoms with Crippen molar-refractivity contribution in [2.75, 3.05) is 18.4 Å². The average molecular weight is 348 g/mol. The second kappa shape index (κ2) is 7.00. The Hall–Kier alpha value is -2.08. The molecule has 23 heavy (non-hydrogen) atoms. The molecule has 0 fully saturated rings. The van der Waals surface area contributed by atoms with Gasteiger partial charge in [-0.1, -0.05) is 23.2 Å². The van der Waals surface area contributed by atoms with E-state index < -0.39 is 0 Å². The highest BCUT2D eigenvalue weighted by Crippen LogP contribution is 2.32. The molecule has 0 aliphatic rings. The third kappa shape index (κ3) is 3.47. The van der Waals surface area contributed by atoms with Gasteiger partial charge in [-0.05, 0) is 30.3 Å². The van der Waals surface area contributed by atoms with Gasteiger partial charge in [0.25, 0.3) is 0 Å². The summed E-state index contributed by atoms with van der Waals surface area (Å²) < 4.78 is 0. The molecule has 2 heterocycles. The van der Waals surface area contributed by atoms with Gasteiger partial charge in [-0.2, -0.15) is 0 Å². The van der Waals surface area contributed by atoms with Crippen LogP contribution in [0.4, 0.5) is 5.82 Å². The Balaban J connectivity index is 2.06. The molecule has 2 aromatic heterocycles. The number of halogens is 2. The molecule has 1 aromatic carbocycles. The van der Waals surface area contributed by atoms with Crippen LogP contribution in [0.2, 0.25) is 10.0 Å². The molecule has 4 N–H and O–H groups in total. The van der Waals surface area contributed by atoms with E-state index in [0.29, 0.717) is 23.1 Å². The smallest absolute Gasteiger partial charge is 0.136 e. The summed E-state index contributed by atoms with van der Waals surface area (Å²) in [4.78, 5) is 11.8. The van der Waals surface area contributed by atoms with Gasteiger partial charge < -0.3 is 16.0 Å². The molecule has 0 saturated carbocycles. The molecule has 7 heteroatoms.